The van der Waals surface area contributed by atoms with E-state index < -0.39 is 23.7 Å². The Bertz CT molecular complexity index is 778. The minimum atomic E-state index is -1.09. The lowest BCUT2D eigenvalue weighted by atomic mass is 10.1. The molecule has 2 heterocycles. The van der Waals surface area contributed by atoms with Gasteiger partial charge in [-0.25, -0.2) is 13.8 Å². The predicted octanol–water partition coefficient (Wildman–Crippen LogP) is 1.45. The number of hydrogen-bond acceptors (Lipinski definition) is 6. The molecule has 0 aromatic heterocycles. The summed E-state index contributed by atoms with van der Waals surface area (Å²) in [6, 6.07) is 1.78. The van der Waals surface area contributed by atoms with Crippen molar-refractivity contribution in [3.05, 3.63) is 34.9 Å². The number of rotatable bonds is 0. The monoisotopic (exact) mass is 261 g/mol. The van der Waals surface area contributed by atoms with Crippen LogP contribution in [0.15, 0.2) is 37.8 Å². The van der Waals surface area contributed by atoms with Crippen LogP contribution in [-0.4, -0.2) is 28.3 Å². The second kappa shape index (κ2) is 3.19. The molecule has 0 radical (unpaired) electrons. The first-order valence-corrected chi connectivity index (χ1v) is 5.26. The fourth-order valence-electron chi connectivity index (χ4n) is 2.09. The molecule has 3 aliphatic rings. The number of fused-ring (bicyclic) bond motifs is 4. The van der Waals surface area contributed by atoms with Gasteiger partial charge in [-0.1, -0.05) is 5.10 Å². The standard InChI is InChI=1S/C10H3F2N6O/c11-5-1-3-4(2-6(5)12)9(19)8-7(3)13-10-14-16-17-18(10)15-8/h1-2,10H/q+1. The smallest absolute Gasteiger partial charge is 0.287 e. The maximum absolute atomic E-state index is 13.3. The average molecular weight is 261 g/mol. The molecule has 2 aliphatic heterocycles. The van der Waals surface area contributed by atoms with Gasteiger partial charge in [0.15, 0.2) is 22.6 Å². The molecule has 0 fully saturated rings. The molecule has 19 heavy (non-hydrogen) atoms. The van der Waals surface area contributed by atoms with E-state index in [1.54, 1.807) is 0 Å². The molecule has 1 unspecified atom stereocenters. The molecule has 1 aliphatic carbocycles. The van der Waals surface area contributed by atoms with Gasteiger partial charge in [0.1, 0.15) is 5.71 Å². The molecule has 4 rings (SSSR count). The summed E-state index contributed by atoms with van der Waals surface area (Å²) in [5, 5.41) is 14.5. The van der Waals surface area contributed by atoms with Crippen LogP contribution in [0, 0.1) is 11.6 Å². The number of carbonyl (C=O) groups is 1. The van der Waals surface area contributed by atoms with E-state index in [0.717, 1.165) is 16.9 Å². The van der Waals surface area contributed by atoms with E-state index in [0.29, 0.717) is 0 Å². The molecule has 0 N–H and O–H groups in total. The summed E-state index contributed by atoms with van der Waals surface area (Å²) in [6.07, 6.45) is -0.786. The maximum atomic E-state index is 13.3. The van der Waals surface area contributed by atoms with E-state index in [1.165, 1.54) is 0 Å². The van der Waals surface area contributed by atoms with E-state index in [4.69, 9.17) is 0 Å². The summed E-state index contributed by atoms with van der Waals surface area (Å²) in [7, 11) is 0. The zero-order valence-electron chi connectivity index (χ0n) is 9.08. The highest BCUT2D eigenvalue weighted by Gasteiger charge is 2.42. The number of aliphatic imine (C=N–C) groups is 1. The van der Waals surface area contributed by atoms with E-state index >= 15 is 0 Å². The molecule has 7 nitrogen and oxygen atoms in total. The van der Waals surface area contributed by atoms with Crippen LogP contribution in [0.1, 0.15) is 15.9 Å². The van der Waals surface area contributed by atoms with E-state index in [9.17, 15) is 13.6 Å². The number of hydrogen-bond donors (Lipinski definition) is 0. The lowest BCUT2D eigenvalue weighted by molar-refractivity contribution is -0.623. The first kappa shape index (κ1) is 10.2. The van der Waals surface area contributed by atoms with Gasteiger partial charge in [0.2, 0.25) is 11.0 Å². The largest absolute Gasteiger partial charge is 0.374 e. The molecule has 0 spiro atoms. The molecule has 0 bridgehead atoms. The Morgan fingerprint density at radius 3 is 2.63 bits per heavy atom. The molecule has 0 saturated heterocycles. The van der Waals surface area contributed by atoms with Crippen molar-refractivity contribution in [2.75, 3.05) is 0 Å². The second-order valence-corrected chi connectivity index (χ2v) is 4.03. The normalized spacial score (nSPS) is 22.5. The summed E-state index contributed by atoms with van der Waals surface area (Å²) in [5.41, 5.74) is 0.433. The number of nitrogens with zero attached hydrogens (tertiary/aromatic N) is 6. The quantitative estimate of drug-likeness (QED) is 0.650. The van der Waals surface area contributed by atoms with Crippen molar-refractivity contribution in [3.8, 4) is 0 Å². The fraction of sp³-hybridized carbons (Fsp3) is 0.100. The topological polar surface area (TPSA) is 81.9 Å². The zero-order valence-corrected chi connectivity index (χ0v) is 9.08. The first-order chi connectivity index (χ1) is 9.15. The highest BCUT2D eigenvalue weighted by molar-refractivity contribution is 6.78. The minimum absolute atomic E-state index is 0.00713. The molecule has 0 amide bonds. The molecule has 92 valence electrons. The van der Waals surface area contributed by atoms with Crippen LogP contribution < -0.4 is 0 Å². The summed E-state index contributed by atoms with van der Waals surface area (Å²) in [5.74, 6) is -2.65. The van der Waals surface area contributed by atoms with Crippen LogP contribution in [-0.2, 0) is 0 Å². The van der Waals surface area contributed by atoms with Crippen LogP contribution in [0.25, 0.3) is 0 Å². The minimum Gasteiger partial charge on any atom is -0.287 e. The number of Topliss-reactive ketones (excluding diaryl/α,β-unsaturated/α-hetero) is 1. The third kappa shape index (κ3) is 1.21. The van der Waals surface area contributed by atoms with E-state index in [-0.39, 0.29) is 22.6 Å². The van der Waals surface area contributed by atoms with Gasteiger partial charge in [0.25, 0.3) is 0 Å². The summed E-state index contributed by atoms with van der Waals surface area (Å²) >= 11 is 0. The molecule has 9 heteroatoms. The van der Waals surface area contributed by atoms with Crippen LogP contribution >= 0.6 is 0 Å². The van der Waals surface area contributed by atoms with Gasteiger partial charge in [-0.2, -0.15) is 0 Å². The summed E-state index contributed by atoms with van der Waals surface area (Å²) < 4.78 is 26.5. The van der Waals surface area contributed by atoms with Crippen LogP contribution in [0.4, 0.5) is 8.78 Å². The SMILES string of the molecule is O=C1C2=N[N+]3=NN=NC3N=C2c2cc(F)c(F)cc21. The van der Waals surface area contributed by atoms with Crippen LogP contribution in [0.5, 0.6) is 0 Å². The molecule has 1 aromatic rings. The van der Waals surface area contributed by atoms with Crippen LogP contribution in [0.3, 0.4) is 0 Å². The number of benzene rings is 1. The van der Waals surface area contributed by atoms with Gasteiger partial charge < -0.3 is 0 Å². The lowest BCUT2D eigenvalue weighted by Crippen LogP contribution is -2.28. The average Bonchev–Trinajstić information content (AvgIpc) is 2.94. The molecular formula is C10H3F2N6O+. The Morgan fingerprint density at radius 2 is 1.84 bits per heavy atom. The predicted molar refractivity (Wildman–Crippen MR) is 56.0 cm³/mol. The Morgan fingerprint density at radius 1 is 1.11 bits per heavy atom. The highest BCUT2D eigenvalue weighted by Crippen LogP contribution is 2.28. The van der Waals surface area contributed by atoms with Crippen molar-refractivity contribution in [1.29, 1.82) is 0 Å². The maximum Gasteiger partial charge on any atom is 0.374 e. The number of halogens is 2. The Kier molecular flexibility index (Phi) is 1.72. The highest BCUT2D eigenvalue weighted by atomic mass is 19.2. The lowest BCUT2D eigenvalue weighted by Gasteiger charge is -2.05. The third-order valence-electron chi connectivity index (χ3n) is 2.94. The first-order valence-electron chi connectivity index (χ1n) is 5.26. The molecular weight excluding hydrogens is 258 g/mol. The molecule has 1 atom stereocenters. The van der Waals surface area contributed by atoms with Crippen molar-refractivity contribution < 1.29 is 18.4 Å². The van der Waals surface area contributed by atoms with Crippen molar-refractivity contribution in [2.45, 2.75) is 6.29 Å². The zero-order chi connectivity index (χ0) is 13.1. The van der Waals surface area contributed by atoms with Gasteiger partial charge in [0, 0.05) is 21.0 Å². The van der Waals surface area contributed by atoms with Gasteiger partial charge in [-0.05, 0) is 12.1 Å². The second-order valence-electron chi connectivity index (χ2n) is 4.03. The van der Waals surface area contributed by atoms with Crippen molar-refractivity contribution in [3.63, 3.8) is 0 Å². The van der Waals surface area contributed by atoms with Crippen LogP contribution in [0.2, 0.25) is 0 Å². The number of ketones is 1. The summed E-state index contributed by atoms with van der Waals surface area (Å²) in [6.45, 7) is 0. The van der Waals surface area contributed by atoms with Gasteiger partial charge in [-0.15, -0.1) is 0 Å². The van der Waals surface area contributed by atoms with Crippen molar-refractivity contribution in [2.24, 2.45) is 25.7 Å². The van der Waals surface area contributed by atoms with Gasteiger partial charge in [-0.3, -0.25) is 4.79 Å². The summed E-state index contributed by atoms with van der Waals surface area (Å²) in [4.78, 5) is 17.2. The third-order valence-corrected chi connectivity index (χ3v) is 2.94. The Hall–Kier alpha value is -2.71. The Balaban J connectivity index is 1.99. The van der Waals surface area contributed by atoms with Gasteiger partial charge >= 0.3 is 6.29 Å². The fourth-order valence-corrected chi connectivity index (χ4v) is 2.09. The van der Waals surface area contributed by atoms with Gasteiger partial charge in [0.05, 0.1) is 0 Å². The van der Waals surface area contributed by atoms with E-state index in [1.807, 2.05) is 0 Å². The van der Waals surface area contributed by atoms with E-state index in [2.05, 4.69) is 25.7 Å². The Labute approximate surface area is 103 Å². The number of hydrazone groups is 1. The number of carbonyl (C=O) groups excluding carboxylic acids is 1. The molecule has 1 aromatic carbocycles. The molecule has 0 saturated carbocycles. The van der Waals surface area contributed by atoms with Crippen molar-refractivity contribution in [1.82, 2.24) is 0 Å². The van der Waals surface area contributed by atoms with Crippen molar-refractivity contribution >= 4 is 17.2 Å².